The van der Waals surface area contributed by atoms with Gasteiger partial charge in [-0.1, -0.05) is 12.1 Å². The summed E-state index contributed by atoms with van der Waals surface area (Å²) in [5, 5.41) is 9.56. The average molecular weight is 418 g/mol. The minimum absolute atomic E-state index is 0.144. The van der Waals surface area contributed by atoms with Gasteiger partial charge in [-0.15, -0.1) is 0 Å². The van der Waals surface area contributed by atoms with E-state index in [2.05, 4.69) is 64.0 Å². The van der Waals surface area contributed by atoms with Gasteiger partial charge in [-0.25, -0.2) is 4.79 Å². The molecule has 168 valence electrons. The zero-order valence-electron chi connectivity index (χ0n) is 19.3. The first-order valence-electron chi connectivity index (χ1n) is 11.1. The first-order chi connectivity index (χ1) is 14.3. The maximum atomic E-state index is 11.7. The Balaban J connectivity index is 1.83. The number of hydrogen-bond acceptors (Lipinski definition) is 4. The molecule has 3 N–H and O–H groups in total. The summed E-state index contributed by atoms with van der Waals surface area (Å²) < 4.78 is 5.24. The van der Waals surface area contributed by atoms with E-state index in [1.165, 1.54) is 24.1 Å². The number of benzene rings is 1. The molecular weight excluding hydrogens is 378 g/mol. The maximum Gasteiger partial charge on any atom is 0.407 e. The van der Waals surface area contributed by atoms with Crippen molar-refractivity contribution in [2.75, 3.05) is 37.6 Å². The van der Waals surface area contributed by atoms with Gasteiger partial charge in [-0.3, -0.25) is 4.99 Å². The standard InChI is InChI=1S/C23H39N5O2/c1-6-24-21(25-13-10-14-26-22(29)30-23(3,4)5)27-18(2)19-11-9-12-20(17-19)28-15-7-8-16-28/h9,11-12,17-18H,6-8,10,13-16H2,1-5H3,(H,26,29)(H2,24,25,27). The summed E-state index contributed by atoms with van der Waals surface area (Å²) in [6.45, 7) is 14.0. The molecule has 1 amide bonds. The molecule has 1 aromatic carbocycles. The summed E-state index contributed by atoms with van der Waals surface area (Å²) in [5.41, 5.74) is 2.07. The zero-order chi connectivity index (χ0) is 22.0. The minimum atomic E-state index is -0.480. The van der Waals surface area contributed by atoms with Gasteiger partial charge in [0.2, 0.25) is 0 Å². The molecule has 1 aromatic rings. The predicted octanol–water partition coefficient (Wildman–Crippen LogP) is 3.82. The minimum Gasteiger partial charge on any atom is -0.444 e. The van der Waals surface area contributed by atoms with E-state index in [0.717, 1.165) is 32.0 Å². The van der Waals surface area contributed by atoms with Gasteiger partial charge in [-0.05, 0) is 71.6 Å². The Kier molecular flexibility index (Phi) is 9.27. The predicted molar refractivity (Wildman–Crippen MR) is 124 cm³/mol. The van der Waals surface area contributed by atoms with Crippen LogP contribution < -0.4 is 20.9 Å². The third-order valence-corrected chi connectivity index (χ3v) is 4.81. The highest BCUT2D eigenvalue weighted by molar-refractivity contribution is 5.80. The molecule has 1 heterocycles. The number of anilines is 1. The molecule has 1 saturated heterocycles. The Morgan fingerprint density at radius 2 is 1.97 bits per heavy atom. The zero-order valence-corrected chi connectivity index (χ0v) is 19.3. The normalized spacial score (nSPS) is 15.6. The number of alkyl carbamates (subject to hydrolysis) is 1. The number of hydrogen-bond donors (Lipinski definition) is 3. The van der Waals surface area contributed by atoms with Crippen LogP contribution in [-0.2, 0) is 4.74 Å². The highest BCUT2D eigenvalue weighted by Crippen LogP contribution is 2.23. The number of carbonyl (C=O) groups is 1. The van der Waals surface area contributed by atoms with Crippen LogP contribution in [0.1, 0.15) is 65.5 Å². The van der Waals surface area contributed by atoms with Crippen molar-refractivity contribution in [1.82, 2.24) is 16.0 Å². The molecular formula is C23H39N5O2. The summed E-state index contributed by atoms with van der Waals surface area (Å²) in [6.07, 6.45) is 2.91. The molecule has 7 heteroatoms. The van der Waals surface area contributed by atoms with Gasteiger partial charge < -0.3 is 25.6 Å². The fourth-order valence-corrected chi connectivity index (χ4v) is 3.35. The van der Waals surface area contributed by atoms with Crippen molar-refractivity contribution in [2.45, 2.75) is 65.5 Å². The lowest BCUT2D eigenvalue weighted by Crippen LogP contribution is -2.39. The smallest absolute Gasteiger partial charge is 0.407 e. The van der Waals surface area contributed by atoms with Gasteiger partial charge in [-0.2, -0.15) is 0 Å². The summed E-state index contributed by atoms with van der Waals surface area (Å²) in [7, 11) is 0. The van der Waals surface area contributed by atoms with Gasteiger partial charge in [0, 0.05) is 38.4 Å². The second-order valence-corrected chi connectivity index (χ2v) is 8.70. The first kappa shape index (κ1) is 23.8. The van der Waals surface area contributed by atoms with Crippen LogP contribution >= 0.6 is 0 Å². The number of nitrogens with zero attached hydrogens (tertiary/aromatic N) is 2. The Bertz CT molecular complexity index is 693. The average Bonchev–Trinajstić information content (AvgIpc) is 3.21. The number of carbonyl (C=O) groups excluding carboxylic acids is 1. The Morgan fingerprint density at radius 3 is 2.63 bits per heavy atom. The summed E-state index contributed by atoms with van der Waals surface area (Å²) >= 11 is 0. The third kappa shape index (κ3) is 8.51. The molecule has 30 heavy (non-hydrogen) atoms. The number of amides is 1. The number of nitrogens with one attached hydrogen (secondary N) is 3. The van der Waals surface area contributed by atoms with Crippen molar-refractivity contribution < 1.29 is 9.53 Å². The van der Waals surface area contributed by atoms with E-state index in [9.17, 15) is 4.79 Å². The van der Waals surface area contributed by atoms with Gasteiger partial charge in [0.25, 0.3) is 0 Å². The fourth-order valence-electron chi connectivity index (χ4n) is 3.35. The van der Waals surface area contributed by atoms with E-state index < -0.39 is 5.60 Å². The first-order valence-corrected chi connectivity index (χ1v) is 11.1. The lowest BCUT2D eigenvalue weighted by atomic mass is 10.1. The van der Waals surface area contributed by atoms with Crippen molar-refractivity contribution in [3.63, 3.8) is 0 Å². The van der Waals surface area contributed by atoms with Gasteiger partial charge >= 0.3 is 6.09 Å². The van der Waals surface area contributed by atoms with Crippen LogP contribution in [0, 0.1) is 0 Å². The summed E-state index contributed by atoms with van der Waals surface area (Å²) in [6, 6.07) is 8.90. The number of rotatable bonds is 8. The quantitative estimate of drug-likeness (QED) is 0.340. The second-order valence-electron chi connectivity index (χ2n) is 8.70. The third-order valence-electron chi connectivity index (χ3n) is 4.81. The van der Waals surface area contributed by atoms with Crippen LogP contribution in [0.15, 0.2) is 29.3 Å². The number of aliphatic imine (C=N–C) groups is 1. The summed E-state index contributed by atoms with van der Waals surface area (Å²) in [4.78, 5) is 18.8. The molecule has 1 atom stereocenters. The van der Waals surface area contributed by atoms with Crippen molar-refractivity contribution in [2.24, 2.45) is 4.99 Å². The lowest BCUT2D eigenvalue weighted by Gasteiger charge is -2.22. The van der Waals surface area contributed by atoms with E-state index >= 15 is 0 Å². The van der Waals surface area contributed by atoms with Crippen molar-refractivity contribution in [3.05, 3.63) is 29.8 Å². The van der Waals surface area contributed by atoms with E-state index in [1.54, 1.807) is 0 Å². The Labute approximate surface area is 181 Å². The number of ether oxygens (including phenoxy) is 1. The number of guanidine groups is 1. The molecule has 0 aliphatic carbocycles. The Morgan fingerprint density at radius 1 is 1.23 bits per heavy atom. The highest BCUT2D eigenvalue weighted by Gasteiger charge is 2.16. The van der Waals surface area contributed by atoms with Crippen molar-refractivity contribution in [1.29, 1.82) is 0 Å². The molecule has 0 saturated carbocycles. The van der Waals surface area contributed by atoms with Crippen LogP contribution in [0.4, 0.5) is 10.5 Å². The van der Waals surface area contributed by atoms with E-state index in [-0.39, 0.29) is 12.1 Å². The van der Waals surface area contributed by atoms with Crippen LogP contribution in [0.2, 0.25) is 0 Å². The fraction of sp³-hybridized carbons (Fsp3) is 0.652. The molecule has 1 unspecified atom stereocenters. The van der Waals surface area contributed by atoms with E-state index in [4.69, 9.17) is 4.74 Å². The molecule has 1 aliphatic heterocycles. The molecule has 0 spiro atoms. The molecule has 7 nitrogen and oxygen atoms in total. The molecule has 0 bridgehead atoms. The molecule has 0 radical (unpaired) electrons. The highest BCUT2D eigenvalue weighted by atomic mass is 16.6. The van der Waals surface area contributed by atoms with Crippen molar-refractivity contribution >= 4 is 17.7 Å². The van der Waals surface area contributed by atoms with E-state index in [1.807, 2.05) is 20.8 Å². The van der Waals surface area contributed by atoms with Crippen LogP contribution in [-0.4, -0.2) is 50.4 Å². The van der Waals surface area contributed by atoms with Crippen LogP contribution in [0.25, 0.3) is 0 Å². The van der Waals surface area contributed by atoms with Gasteiger partial charge in [0.15, 0.2) is 5.96 Å². The second kappa shape index (κ2) is 11.7. The van der Waals surface area contributed by atoms with Crippen LogP contribution in [0.5, 0.6) is 0 Å². The van der Waals surface area contributed by atoms with Gasteiger partial charge in [0.1, 0.15) is 5.60 Å². The monoisotopic (exact) mass is 417 g/mol. The lowest BCUT2D eigenvalue weighted by molar-refractivity contribution is 0.0527. The van der Waals surface area contributed by atoms with Gasteiger partial charge in [0.05, 0.1) is 6.04 Å². The molecule has 0 aromatic heterocycles. The van der Waals surface area contributed by atoms with Crippen molar-refractivity contribution in [3.8, 4) is 0 Å². The SMILES string of the molecule is CCNC(=NCCCNC(=O)OC(C)(C)C)NC(C)c1cccc(N2CCCC2)c1. The summed E-state index contributed by atoms with van der Waals surface area (Å²) in [5.74, 6) is 0.786. The molecule has 2 rings (SSSR count). The Hall–Kier alpha value is -2.44. The molecule has 1 aliphatic rings. The van der Waals surface area contributed by atoms with E-state index in [0.29, 0.717) is 13.1 Å². The molecule has 1 fully saturated rings. The topological polar surface area (TPSA) is 78.0 Å². The van der Waals surface area contributed by atoms with Crippen LogP contribution in [0.3, 0.4) is 0 Å². The largest absolute Gasteiger partial charge is 0.444 e. The maximum absolute atomic E-state index is 11.7.